The van der Waals surface area contributed by atoms with Crippen LogP contribution in [0.5, 0.6) is 11.5 Å². The van der Waals surface area contributed by atoms with Crippen molar-refractivity contribution in [3.63, 3.8) is 0 Å². The number of nitrogens with zero attached hydrogens (tertiary/aromatic N) is 4. The highest BCUT2D eigenvalue weighted by Crippen LogP contribution is 2.29. The Morgan fingerprint density at radius 1 is 1.09 bits per heavy atom. The third-order valence-electron chi connectivity index (χ3n) is 5.48. The van der Waals surface area contributed by atoms with Crippen LogP contribution in [0.2, 0.25) is 0 Å². The number of methoxy groups -OCH3 is 2. The van der Waals surface area contributed by atoms with Crippen molar-refractivity contribution >= 4 is 23.9 Å². The number of carbonyl (C=O) groups excluding carboxylic acids is 1. The van der Waals surface area contributed by atoms with Crippen LogP contribution in [0.4, 0.5) is 10.3 Å². The fourth-order valence-corrected chi connectivity index (χ4v) is 3.73. The summed E-state index contributed by atoms with van der Waals surface area (Å²) in [6, 6.07) is 13.2. The molecule has 0 radical (unpaired) electrons. The third kappa shape index (κ3) is 4.86. The van der Waals surface area contributed by atoms with Crippen molar-refractivity contribution in [2.45, 2.75) is 0 Å². The molecule has 0 aliphatic carbocycles. The molecule has 1 aromatic heterocycles. The van der Waals surface area contributed by atoms with E-state index in [0.29, 0.717) is 55.0 Å². The van der Waals surface area contributed by atoms with Crippen molar-refractivity contribution in [1.82, 2.24) is 9.88 Å². The van der Waals surface area contributed by atoms with Crippen LogP contribution >= 0.6 is 0 Å². The van der Waals surface area contributed by atoms with Crippen LogP contribution in [0.25, 0.3) is 12.2 Å². The van der Waals surface area contributed by atoms with Crippen LogP contribution in [-0.4, -0.2) is 56.2 Å². The van der Waals surface area contributed by atoms with Crippen molar-refractivity contribution in [2.75, 3.05) is 45.3 Å². The number of halogens is 1. The molecular weight excluding hydrogens is 439 g/mol. The van der Waals surface area contributed by atoms with E-state index in [-0.39, 0.29) is 11.6 Å². The average Bonchev–Trinajstić information content (AvgIpc) is 3.30. The summed E-state index contributed by atoms with van der Waals surface area (Å²) in [5.41, 5.74) is 1.34. The molecular formula is C25H23FN4O4. The lowest BCUT2D eigenvalue weighted by atomic mass is 10.1. The molecule has 2 aromatic carbocycles. The molecule has 34 heavy (non-hydrogen) atoms. The number of oxazole rings is 1. The minimum Gasteiger partial charge on any atom is -0.493 e. The third-order valence-corrected chi connectivity index (χ3v) is 5.48. The minimum atomic E-state index is -0.446. The Labute approximate surface area is 196 Å². The van der Waals surface area contributed by atoms with Gasteiger partial charge in [0.1, 0.15) is 11.9 Å². The predicted molar refractivity (Wildman–Crippen MR) is 124 cm³/mol. The van der Waals surface area contributed by atoms with Gasteiger partial charge in [-0.2, -0.15) is 10.2 Å². The maximum atomic E-state index is 13.5. The van der Waals surface area contributed by atoms with Crippen LogP contribution in [0.15, 0.2) is 46.9 Å². The van der Waals surface area contributed by atoms with Crippen LogP contribution in [0.3, 0.4) is 0 Å². The highest BCUT2D eigenvalue weighted by atomic mass is 19.1. The van der Waals surface area contributed by atoms with Gasteiger partial charge in [0.25, 0.3) is 5.91 Å². The summed E-state index contributed by atoms with van der Waals surface area (Å²) in [7, 11) is 3.14. The van der Waals surface area contributed by atoms with Crippen molar-refractivity contribution in [2.24, 2.45) is 0 Å². The van der Waals surface area contributed by atoms with Crippen LogP contribution < -0.4 is 14.4 Å². The van der Waals surface area contributed by atoms with Gasteiger partial charge in [0.15, 0.2) is 11.5 Å². The molecule has 4 rings (SSSR count). The van der Waals surface area contributed by atoms with E-state index < -0.39 is 5.82 Å². The molecule has 2 heterocycles. The highest BCUT2D eigenvalue weighted by Gasteiger charge is 2.26. The zero-order chi connectivity index (χ0) is 24.1. The summed E-state index contributed by atoms with van der Waals surface area (Å²) in [6.45, 7) is 1.75. The molecule has 1 fully saturated rings. The van der Waals surface area contributed by atoms with Gasteiger partial charge in [0, 0.05) is 37.8 Å². The van der Waals surface area contributed by atoms with Crippen molar-refractivity contribution < 1.29 is 23.1 Å². The largest absolute Gasteiger partial charge is 0.493 e. The SMILES string of the molecule is COc1ccc(C=Cc2nc(C#N)c(N3CCN(C(=O)c4cccc(F)c4)CC3)o2)cc1OC. The van der Waals surface area contributed by atoms with E-state index >= 15 is 0 Å². The summed E-state index contributed by atoms with van der Waals surface area (Å²) in [6.07, 6.45) is 3.48. The average molecular weight is 462 g/mol. The van der Waals surface area contributed by atoms with Gasteiger partial charge < -0.3 is 23.7 Å². The Balaban J connectivity index is 1.45. The molecule has 1 amide bonds. The smallest absolute Gasteiger partial charge is 0.254 e. The zero-order valence-electron chi connectivity index (χ0n) is 18.8. The maximum Gasteiger partial charge on any atom is 0.254 e. The first kappa shape index (κ1) is 22.9. The topological polar surface area (TPSA) is 91.8 Å². The molecule has 0 unspecified atom stereocenters. The number of amides is 1. The van der Waals surface area contributed by atoms with E-state index in [1.807, 2.05) is 17.0 Å². The standard InChI is InChI=1S/C25H23FN4O4/c1-32-21-8-6-17(14-22(21)33-2)7-9-23-28-20(16-27)25(34-23)30-12-10-29(11-13-30)24(31)18-4-3-5-19(26)15-18/h3-9,14-15H,10-13H2,1-2H3. The van der Waals surface area contributed by atoms with Gasteiger partial charge in [-0.1, -0.05) is 12.1 Å². The number of piperazine rings is 1. The van der Waals surface area contributed by atoms with E-state index in [0.717, 1.165) is 5.56 Å². The minimum absolute atomic E-state index is 0.178. The molecule has 9 heteroatoms. The number of hydrogen-bond donors (Lipinski definition) is 0. The normalized spacial score (nSPS) is 13.7. The fraction of sp³-hybridized carbons (Fsp3) is 0.240. The van der Waals surface area contributed by atoms with E-state index in [9.17, 15) is 14.4 Å². The van der Waals surface area contributed by atoms with Gasteiger partial charge in [-0.15, -0.1) is 0 Å². The van der Waals surface area contributed by atoms with Gasteiger partial charge in [0.2, 0.25) is 17.5 Å². The quantitative estimate of drug-likeness (QED) is 0.550. The molecule has 174 valence electrons. The molecule has 0 saturated carbocycles. The van der Waals surface area contributed by atoms with Crippen molar-refractivity contribution in [1.29, 1.82) is 5.26 Å². The van der Waals surface area contributed by atoms with Gasteiger partial charge >= 0.3 is 0 Å². The lowest BCUT2D eigenvalue weighted by molar-refractivity contribution is 0.0745. The van der Waals surface area contributed by atoms with E-state index in [2.05, 4.69) is 11.1 Å². The van der Waals surface area contributed by atoms with Gasteiger partial charge in [-0.3, -0.25) is 4.79 Å². The molecule has 0 N–H and O–H groups in total. The number of carbonyl (C=O) groups is 1. The van der Waals surface area contributed by atoms with Crippen molar-refractivity contribution in [3.05, 3.63) is 71.0 Å². The van der Waals surface area contributed by atoms with E-state index in [1.54, 1.807) is 43.4 Å². The second-order valence-electron chi connectivity index (χ2n) is 7.56. The second-order valence-corrected chi connectivity index (χ2v) is 7.56. The molecule has 1 aliphatic rings. The van der Waals surface area contributed by atoms with Crippen LogP contribution in [0, 0.1) is 17.1 Å². The van der Waals surface area contributed by atoms with Gasteiger partial charge in [-0.25, -0.2) is 4.39 Å². The number of rotatable bonds is 6. The molecule has 3 aromatic rings. The Morgan fingerprint density at radius 3 is 2.53 bits per heavy atom. The van der Waals surface area contributed by atoms with E-state index in [1.165, 1.54) is 18.2 Å². The number of ether oxygens (including phenoxy) is 2. The first-order valence-electron chi connectivity index (χ1n) is 10.6. The maximum absolute atomic E-state index is 13.5. The Morgan fingerprint density at radius 2 is 1.85 bits per heavy atom. The van der Waals surface area contributed by atoms with Crippen LogP contribution in [0.1, 0.15) is 27.5 Å². The summed E-state index contributed by atoms with van der Waals surface area (Å²) in [5.74, 6) is 1.21. The molecule has 1 aliphatic heterocycles. The highest BCUT2D eigenvalue weighted by molar-refractivity contribution is 5.94. The molecule has 1 saturated heterocycles. The molecule has 0 spiro atoms. The van der Waals surface area contributed by atoms with Gasteiger partial charge in [-0.05, 0) is 42.0 Å². The van der Waals surface area contributed by atoms with E-state index in [4.69, 9.17) is 13.9 Å². The zero-order valence-corrected chi connectivity index (χ0v) is 18.8. The lowest BCUT2D eigenvalue weighted by Gasteiger charge is -2.34. The first-order chi connectivity index (χ1) is 16.5. The molecule has 0 bridgehead atoms. The summed E-state index contributed by atoms with van der Waals surface area (Å²) < 4.78 is 29.9. The number of nitriles is 1. The predicted octanol–water partition coefficient (Wildman–Crippen LogP) is 3.84. The number of aromatic nitrogens is 1. The Bertz CT molecular complexity index is 1260. The Kier molecular flexibility index (Phi) is 6.78. The number of hydrogen-bond acceptors (Lipinski definition) is 7. The summed E-state index contributed by atoms with van der Waals surface area (Å²) >= 11 is 0. The molecule has 0 atom stereocenters. The summed E-state index contributed by atoms with van der Waals surface area (Å²) in [5, 5.41) is 9.53. The second kappa shape index (κ2) is 10.1. The number of anilines is 1. The molecule has 8 nitrogen and oxygen atoms in total. The number of benzene rings is 2. The Hall–Kier alpha value is -4.32. The van der Waals surface area contributed by atoms with Gasteiger partial charge in [0.05, 0.1) is 14.2 Å². The van der Waals surface area contributed by atoms with Crippen molar-refractivity contribution in [3.8, 4) is 17.6 Å². The first-order valence-corrected chi connectivity index (χ1v) is 10.6. The van der Waals surface area contributed by atoms with Crippen LogP contribution in [-0.2, 0) is 0 Å². The summed E-state index contributed by atoms with van der Waals surface area (Å²) in [4.78, 5) is 20.5. The lowest BCUT2D eigenvalue weighted by Crippen LogP contribution is -2.48. The fourth-order valence-electron chi connectivity index (χ4n) is 3.73. The monoisotopic (exact) mass is 462 g/mol.